The van der Waals surface area contributed by atoms with Crippen LogP contribution in [0.2, 0.25) is 0 Å². The highest BCUT2D eigenvalue weighted by Gasteiger charge is 2.13. The van der Waals surface area contributed by atoms with E-state index in [4.69, 9.17) is 0 Å². The van der Waals surface area contributed by atoms with Gasteiger partial charge in [0, 0.05) is 18.6 Å². The molecule has 0 unspecified atom stereocenters. The van der Waals surface area contributed by atoms with Crippen LogP contribution in [0.25, 0.3) is 17.0 Å². The van der Waals surface area contributed by atoms with Gasteiger partial charge in [0.15, 0.2) is 11.5 Å². The topological polar surface area (TPSA) is 80.3 Å². The molecule has 0 amide bonds. The average molecular weight is 236 g/mol. The molecule has 0 atom stereocenters. The summed E-state index contributed by atoms with van der Waals surface area (Å²) >= 11 is 0. The van der Waals surface area contributed by atoms with E-state index >= 15 is 0 Å². The van der Waals surface area contributed by atoms with Gasteiger partial charge in [0.25, 0.3) is 0 Å². The van der Waals surface area contributed by atoms with E-state index in [0.717, 1.165) is 5.56 Å². The van der Waals surface area contributed by atoms with E-state index in [1.165, 1.54) is 4.68 Å². The highest BCUT2D eigenvalue weighted by molar-refractivity contribution is 5.71. The Balaban J connectivity index is 2.34. The van der Waals surface area contributed by atoms with E-state index in [2.05, 4.69) is 26.1 Å². The molecule has 0 aromatic carbocycles. The highest BCUT2D eigenvalue weighted by Crippen LogP contribution is 2.17. The summed E-state index contributed by atoms with van der Waals surface area (Å²) in [4.78, 5) is 12.6. The number of rotatable bonds is 1. The van der Waals surface area contributed by atoms with Gasteiger partial charge >= 0.3 is 0 Å². The first-order valence-electron chi connectivity index (χ1n) is 5.32. The van der Waals surface area contributed by atoms with Crippen molar-refractivity contribution in [3.63, 3.8) is 0 Å². The molecular weight excluding hydrogens is 228 g/mol. The van der Waals surface area contributed by atoms with Crippen molar-refractivity contribution < 1.29 is 0 Å². The maximum absolute atomic E-state index is 9.20. The zero-order valence-electron chi connectivity index (χ0n) is 9.57. The van der Waals surface area contributed by atoms with Crippen LogP contribution in [0.3, 0.4) is 0 Å². The summed E-state index contributed by atoms with van der Waals surface area (Å²) < 4.78 is 1.54. The number of aryl methyl sites for hydroxylation is 1. The highest BCUT2D eigenvalue weighted by atomic mass is 15.3. The average Bonchev–Trinajstić information content (AvgIpc) is 2.82. The normalized spacial score (nSPS) is 10.4. The molecule has 0 aliphatic heterocycles. The van der Waals surface area contributed by atoms with E-state index < -0.39 is 0 Å². The second-order valence-corrected chi connectivity index (χ2v) is 3.76. The van der Waals surface area contributed by atoms with Crippen LogP contribution in [0.1, 0.15) is 11.1 Å². The van der Waals surface area contributed by atoms with Crippen molar-refractivity contribution >= 4 is 11.2 Å². The first-order chi connectivity index (χ1) is 8.81. The lowest BCUT2D eigenvalue weighted by molar-refractivity contribution is 0.856. The summed E-state index contributed by atoms with van der Waals surface area (Å²) in [5.74, 6) is 0.480. The molecule has 0 spiro atoms. The van der Waals surface area contributed by atoms with Crippen molar-refractivity contribution in [1.29, 1.82) is 5.26 Å². The van der Waals surface area contributed by atoms with Crippen LogP contribution >= 0.6 is 0 Å². The predicted molar refractivity (Wildman–Crippen MR) is 63.9 cm³/mol. The lowest BCUT2D eigenvalue weighted by Crippen LogP contribution is -2.04. The van der Waals surface area contributed by atoms with Crippen molar-refractivity contribution in [2.75, 3.05) is 0 Å². The minimum Gasteiger partial charge on any atom is -0.250 e. The third kappa shape index (κ3) is 1.42. The molecule has 18 heavy (non-hydrogen) atoms. The fourth-order valence-corrected chi connectivity index (χ4v) is 1.76. The molecule has 0 aliphatic rings. The van der Waals surface area contributed by atoms with E-state index in [9.17, 15) is 5.26 Å². The zero-order valence-corrected chi connectivity index (χ0v) is 9.57. The fraction of sp³-hybridized carbons (Fsp3) is 0.0833. The molecule has 3 aromatic rings. The zero-order chi connectivity index (χ0) is 12.5. The van der Waals surface area contributed by atoms with Gasteiger partial charge < -0.3 is 0 Å². The second-order valence-electron chi connectivity index (χ2n) is 3.76. The third-order valence-corrected chi connectivity index (χ3v) is 2.65. The summed E-state index contributed by atoms with van der Waals surface area (Å²) in [7, 11) is 0. The van der Waals surface area contributed by atoms with E-state index in [-0.39, 0.29) is 0 Å². The number of nitrogens with zero attached hydrogens (tertiary/aromatic N) is 6. The van der Waals surface area contributed by atoms with E-state index in [1.807, 2.05) is 6.92 Å². The quantitative estimate of drug-likeness (QED) is 0.637. The molecule has 0 radical (unpaired) electrons. The van der Waals surface area contributed by atoms with Crippen LogP contribution in [0.15, 0.2) is 30.9 Å². The molecule has 0 fully saturated rings. The van der Waals surface area contributed by atoms with Gasteiger partial charge in [-0.1, -0.05) is 0 Å². The molecule has 6 nitrogen and oxygen atoms in total. The Hall–Kier alpha value is -2.81. The molecule has 0 bridgehead atoms. The van der Waals surface area contributed by atoms with Crippen LogP contribution in [0, 0.1) is 18.3 Å². The van der Waals surface area contributed by atoms with Crippen molar-refractivity contribution in [3.05, 3.63) is 42.0 Å². The van der Waals surface area contributed by atoms with Gasteiger partial charge in [0.05, 0.1) is 11.8 Å². The Morgan fingerprint density at radius 1 is 1.17 bits per heavy atom. The molecule has 0 aliphatic carbocycles. The fourth-order valence-electron chi connectivity index (χ4n) is 1.76. The summed E-state index contributed by atoms with van der Waals surface area (Å²) in [5.41, 5.74) is 2.61. The van der Waals surface area contributed by atoms with Gasteiger partial charge in [0.1, 0.15) is 11.6 Å². The molecule has 3 heterocycles. The second kappa shape index (κ2) is 3.89. The number of pyridine rings is 1. The molecule has 0 saturated carbocycles. The summed E-state index contributed by atoms with van der Waals surface area (Å²) in [6.45, 7) is 1.86. The minimum absolute atomic E-state index is 0.480. The van der Waals surface area contributed by atoms with Crippen molar-refractivity contribution in [2.45, 2.75) is 6.92 Å². The van der Waals surface area contributed by atoms with Crippen LogP contribution in [-0.4, -0.2) is 24.7 Å². The SMILES string of the molecule is Cc1ccnc(-n2ncc3nccnc32)c1C#N. The maximum Gasteiger partial charge on any atom is 0.183 e. The molecule has 6 heteroatoms. The number of hydrogen-bond acceptors (Lipinski definition) is 5. The van der Waals surface area contributed by atoms with Crippen molar-refractivity contribution in [1.82, 2.24) is 24.7 Å². The summed E-state index contributed by atoms with van der Waals surface area (Å²) in [6.07, 6.45) is 6.44. The van der Waals surface area contributed by atoms with Gasteiger partial charge in [-0.25, -0.2) is 15.0 Å². The standard InChI is InChI=1S/C12H8N6/c1-8-2-3-15-11(9(8)6-13)18-12-10(7-17-18)14-4-5-16-12/h2-5,7H,1H3. The molecule has 3 rings (SSSR count). The smallest absolute Gasteiger partial charge is 0.183 e. The number of fused-ring (bicyclic) bond motifs is 1. The monoisotopic (exact) mass is 236 g/mol. The Labute approximate surface area is 103 Å². The van der Waals surface area contributed by atoms with Crippen LogP contribution < -0.4 is 0 Å². The number of aromatic nitrogens is 5. The Kier molecular flexibility index (Phi) is 2.24. The maximum atomic E-state index is 9.20. The summed E-state index contributed by atoms with van der Waals surface area (Å²) in [5, 5.41) is 13.4. The predicted octanol–water partition coefficient (Wildman–Crippen LogP) is 1.39. The van der Waals surface area contributed by atoms with Crippen LogP contribution in [0.4, 0.5) is 0 Å². The largest absolute Gasteiger partial charge is 0.250 e. The van der Waals surface area contributed by atoms with E-state index in [1.54, 1.807) is 30.9 Å². The molecular formula is C12H8N6. The Morgan fingerprint density at radius 3 is 2.83 bits per heavy atom. The first-order valence-corrected chi connectivity index (χ1v) is 5.32. The number of hydrogen-bond donors (Lipinski definition) is 0. The van der Waals surface area contributed by atoms with Crippen molar-refractivity contribution in [3.8, 4) is 11.9 Å². The van der Waals surface area contributed by atoms with Crippen molar-refractivity contribution in [2.24, 2.45) is 0 Å². The number of nitriles is 1. The summed E-state index contributed by atoms with van der Waals surface area (Å²) in [6, 6.07) is 3.94. The molecule has 3 aromatic heterocycles. The lowest BCUT2D eigenvalue weighted by atomic mass is 10.1. The van der Waals surface area contributed by atoms with Crippen LogP contribution in [0.5, 0.6) is 0 Å². The lowest BCUT2D eigenvalue weighted by Gasteiger charge is -2.05. The van der Waals surface area contributed by atoms with Gasteiger partial charge in [-0.3, -0.25) is 0 Å². The van der Waals surface area contributed by atoms with Gasteiger partial charge in [-0.2, -0.15) is 15.0 Å². The van der Waals surface area contributed by atoms with Crippen LogP contribution in [-0.2, 0) is 0 Å². The molecule has 0 saturated heterocycles. The van der Waals surface area contributed by atoms with E-state index in [0.29, 0.717) is 22.5 Å². The Bertz CT molecular complexity index is 768. The third-order valence-electron chi connectivity index (χ3n) is 2.65. The van der Waals surface area contributed by atoms with Gasteiger partial charge in [-0.15, -0.1) is 0 Å². The Morgan fingerprint density at radius 2 is 2.00 bits per heavy atom. The van der Waals surface area contributed by atoms with Gasteiger partial charge in [-0.05, 0) is 18.6 Å². The van der Waals surface area contributed by atoms with Gasteiger partial charge in [0.2, 0.25) is 0 Å². The molecule has 86 valence electrons. The minimum atomic E-state index is 0.480. The molecule has 0 N–H and O–H groups in total. The first kappa shape index (κ1) is 10.4.